The van der Waals surface area contributed by atoms with Crippen molar-refractivity contribution in [3.63, 3.8) is 0 Å². The summed E-state index contributed by atoms with van der Waals surface area (Å²) in [6.07, 6.45) is 1.96. The topological polar surface area (TPSA) is 43.1 Å². The summed E-state index contributed by atoms with van der Waals surface area (Å²) >= 11 is 0. The number of aryl methyl sites for hydroxylation is 1. The van der Waals surface area contributed by atoms with Gasteiger partial charge in [-0.15, -0.1) is 0 Å². The molecule has 2 rings (SSSR count). The van der Waals surface area contributed by atoms with Crippen LogP contribution in [0, 0.1) is 5.92 Å². The van der Waals surface area contributed by atoms with Gasteiger partial charge in [0.25, 0.3) is 0 Å². The highest BCUT2D eigenvalue weighted by Gasteiger charge is 2.43. The van der Waals surface area contributed by atoms with E-state index >= 15 is 0 Å². The number of carbonyl (C=O) groups is 1. The summed E-state index contributed by atoms with van der Waals surface area (Å²) in [6, 6.07) is 8.33. The molecule has 1 aromatic rings. The molecule has 1 saturated carbocycles. The predicted octanol–water partition coefficient (Wildman–Crippen LogP) is 1.84. The molecule has 14 heavy (non-hydrogen) atoms. The van der Waals surface area contributed by atoms with Gasteiger partial charge in [0.1, 0.15) is 0 Å². The number of primary amides is 1. The Morgan fingerprint density at radius 2 is 2.21 bits per heavy atom. The van der Waals surface area contributed by atoms with E-state index in [4.69, 9.17) is 5.73 Å². The second-order valence-corrected chi connectivity index (χ2v) is 3.90. The lowest BCUT2D eigenvalue weighted by atomic mass is 10.0. The maximum Gasteiger partial charge on any atom is 0.221 e. The monoisotopic (exact) mass is 189 g/mol. The van der Waals surface area contributed by atoms with Crippen LogP contribution >= 0.6 is 0 Å². The minimum Gasteiger partial charge on any atom is -0.369 e. The van der Waals surface area contributed by atoms with E-state index in [-0.39, 0.29) is 11.8 Å². The molecule has 2 unspecified atom stereocenters. The van der Waals surface area contributed by atoms with Gasteiger partial charge in [-0.05, 0) is 29.9 Å². The molecule has 2 atom stereocenters. The van der Waals surface area contributed by atoms with Crippen LogP contribution < -0.4 is 5.73 Å². The van der Waals surface area contributed by atoms with Crippen LogP contribution in [-0.2, 0) is 11.2 Å². The Morgan fingerprint density at radius 1 is 1.50 bits per heavy atom. The average Bonchev–Trinajstić information content (AvgIpc) is 2.97. The van der Waals surface area contributed by atoms with Crippen molar-refractivity contribution in [1.82, 2.24) is 0 Å². The van der Waals surface area contributed by atoms with Gasteiger partial charge in [0.15, 0.2) is 0 Å². The molecule has 0 spiro atoms. The normalized spacial score (nSPS) is 24.6. The van der Waals surface area contributed by atoms with Crippen LogP contribution in [0.15, 0.2) is 24.3 Å². The van der Waals surface area contributed by atoms with Crippen LogP contribution in [0.5, 0.6) is 0 Å². The van der Waals surface area contributed by atoms with E-state index in [0.29, 0.717) is 5.92 Å². The fourth-order valence-corrected chi connectivity index (χ4v) is 2.07. The maximum absolute atomic E-state index is 11.0. The first-order valence-corrected chi connectivity index (χ1v) is 5.11. The zero-order chi connectivity index (χ0) is 10.1. The molecule has 1 aliphatic rings. The van der Waals surface area contributed by atoms with Crippen LogP contribution in [0.1, 0.15) is 30.4 Å². The van der Waals surface area contributed by atoms with Gasteiger partial charge in [0.05, 0.1) is 0 Å². The minimum absolute atomic E-state index is 0.0858. The van der Waals surface area contributed by atoms with Gasteiger partial charge >= 0.3 is 0 Å². The molecular weight excluding hydrogens is 174 g/mol. The van der Waals surface area contributed by atoms with E-state index < -0.39 is 0 Å². The van der Waals surface area contributed by atoms with Gasteiger partial charge < -0.3 is 5.73 Å². The molecule has 74 valence electrons. The number of nitrogens with two attached hydrogens (primary N) is 1. The molecule has 0 aliphatic heterocycles. The summed E-state index contributed by atoms with van der Waals surface area (Å²) in [4.78, 5) is 11.0. The highest BCUT2D eigenvalue weighted by Crippen LogP contribution is 2.48. The molecule has 1 amide bonds. The van der Waals surface area contributed by atoms with Crippen LogP contribution in [0.3, 0.4) is 0 Å². The fraction of sp³-hybridized carbons (Fsp3) is 0.417. The molecule has 0 aromatic heterocycles. The molecule has 0 radical (unpaired) electrons. The van der Waals surface area contributed by atoms with E-state index in [2.05, 4.69) is 19.1 Å². The third kappa shape index (κ3) is 1.52. The van der Waals surface area contributed by atoms with E-state index in [1.807, 2.05) is 12.1 Å². The molecule has 1 aliphatic carbocycles. The smallest absolute Gasteiger partial charge is 0.221 e. The Hall–Kier alpha value is -1.31. The standard InChI is InChI=1S/C12H15NO/c1-2-8-5-3-4-6-9(8)10-7-11(10)12(13)14/h3-6,10-11H,2,7H2,1H3,(H2,13,14). The molecule has 1 fully saturated rings. The first-order chi connectivity index (χ1) is 6.74. The van der Waals surface area contributed by atoms with Gasteiger partial charge in [0.2, 0.25) is 5.91 Å². The molecule has 2 heteroatoms. The summed E-state index contributed by atoms with van der Waals surface area (Å²) < 4.78 is 0. The highest BCUT2D eigenvalue weighted by atomic mass is 16.1. The molecular formula is C12H15NO. The Morgan fingerprint density at radius 3 is 2.79 bits per heavy atom. The first-order valence-electron chi connectivity index (χ1n) is 5.11. The minimum atomic E-state index is -0.152. The van der Waals surface area contributed by atoms with E-state index in [1.54, 1.807) is 0 Å². The van der Waals surface area contributed by atoms with Crippen molar-refractivity contribution in [3.05, 3.63) is 35.4 Å². The van der Waals surface area contributed by atoms with Gasteiger partial charge in [-0.1, -0.05) is 31.2 Å². The van der Waals surface area contributed by atoms with E-state index in [1.165, 1.54) is 11.1 Å². The Kier molecular flexibility index (Phi) is 2.28. The lowest BCUT2D eigenvalue weighted by molar-refractivity contribution is -0.119. The van der Waals surface area contributed by atoms with Crippen molar-refractivity contribution in [1.29, 1.82) is 0 Å². The van der Waals surface area contributed by atoms with Gasteiger partial charge in [0, 0.05) is 5.92 Å². The third-order valence-corrected chi connectivity index (χ3v) is 2.99. The van der Waals surface area contributed by atoms with Gasteiger partial charge in [-0.25, -0.2) is 0 Å². The number of benzene rings is 1. The summed E-state index contributed by atoms with van der Waals surface area (Å²) in [5, 5.41) is 0. The van der Waals surface area contributed by atoms with Gasteiger partial charge in [-0.3, -0.25) is 4.79 Å². The molecule has 0 heterocycles. The zero-order valence-corrected chi connectivity index (χ0v) is 8.36. The Labute approximate surface area is 84.1 Å². The predicted molar refractivity (Wildman–Crippen MR) is 55.9 cm³/mol. The quantitative estimate of drug-likeness (QED) is 0.774. The van der Waals surface area contributed by atoms with Crippen LogP contribution in [-0.4, -0.2) is 5.91 Å². The lowest BCUT2D eigenvalue weighted by Gasteiger charge is -2.05. The fourth-order valence-electron chi connectivity index (χ4n) is 2.07. The number of carbonyl (C=O) groups excluding carboxylic acids is 1. The van der Waals surface area contributed by atoms with Crippen LogP contribution in [0.4, 0.5) is 0 Å². The molecule has 0 bridgehead atoms. The average molecular weight is 189 g/mol. The van der Waals surface area contributed by atoms with Crippen molar-refractivity contribution in [2.45, 2.75) is 25.7 Å². The van der Waals surface area contributed by atoms with Crippen LogP contribution in [0.25, 0.3) is 0 Å². The second kappa shape index (κ2) is 3.45. The highest BCUT2D eigenvalue weighted by molar-refractivity contribution is 5.81. The Balaban J connectivity index is 2.22. The first kappa shape index (κ1) is 9.25. The SMILES string of the molecule is CCc1ccccc1C1CC1C(N)=O. The van der Waals surface area contributed by atoms with Crippen molar-refractivity contribution in [2.75, 3.05) is 0 Å². The number of hydrogen-bond donors (Lipinski definition) is 1. The molecule has 0 saturated heterocycles. The Bertz CT molecular complexity index is 359. The molecule has 2 nitrogen and oxygen atoms in total. The molecule has 1 aromatic carbocycles. The van der Waals surface area contributed by atoms with E-state index in [9.17, 15) is 4.79 Å². The summed E-state index contributed by atoms with van der Waals surface area (Å²) in [6.45, 7) is 2.14. The van der Waals surface area contributed by atoms with Gasteiger partial charge in [-0.2, -0.15) is 0 Å². The van der Waals surface area contributed by atoms with E-state index in [0.717, 1.165) is 12.8 Å². The molecule has 2 N–H and O–H groups in total. The van der Waals surface area contributed by atoms with Crippen LogP contribution in [0.2, 0.25) is 0 Å². The van der Waals surface area contributed by atoms with Crippen molar-refractivity contribution >= 4 is 5.91 Å². The number of hydrogen-bond acceptors (Lipinski definition) is 1. The van der Waals surface area contributed by atoms with Crippen molar-refractivity contribution in [2.24, 2.45) is 11.7 Å². The number of rotatable bonds is 3. The zero-order valence-electron chi connectivity index (χ0n) is 8.36. The van der Waals surface area contributed by atoms with Crippen molar-refractivity contribution in [3.8, 4) is 0 Å². The summed E-state index contributed by atoms with van der Waals surface area (Å²) in [5.74, 6) is 0.326. The largest absolute Gasteiger partial charge is 0.369 e. The summed E-state index contributed by atoms with van der Waals surface area (Å²) in [7, 11) is 0. The number of amides is 1. The third-order valence-electron chi connectivity index (χ3n) is 2.99. The second-order valence-electron chi connectivity index (χ2n) is 3.90. The van der Waals surface area contributed by atoms with Crippen molar-refractivity contribution < 1.29 is 4.79 Å². The maximum atomic E-state index is 11.0. The summed E-state index contributed by atoms with van der Waals surface area (Å²) in [5.41, 5.74) is 7.94. The lowest BCUT2D eigenvalue weighted by Crippen LogP contribution is -2.13.